The van der Waals surface area contributed by atoms with E-state index in [1.807, 2.05) is 36.3 Å². The Labute approximate surface area is 162 Å². The molecule has 2 heterocycles. The van der Waals surface area contributed by atoms with Crippen LogP contribution in [0.3, 0.4) is 0 Å². The highest BCUT2D eigenvalue weighted by atomic mass is 32.2. The molecule has 2 aromatic carbocycles. The minimum atomic E-state index is -0.132. The van der Waals surface area contributed by atoms with E-state index < -0.39 is 0 Å². The Kier molecular flexibility index (Phi) is 4.74. The molecular weight excluding hydrogens is 360 g/mol. The molecule has 4 rings (SSSR count). The minimum Gasteiger partial charge on any atom is -0.496 e. The molecule has 5 nitrogen and oxygen atoms in total. The number of benzene rings is 2. The van der Waals surface area contributed by atoms with Crippen LogP contribution in [0.2, 0.25) is 0 Å². The van der Waals surface area contributed by atoms with Crippen molar-refractivity contribution in [3.05, 3.63) is 59.8 Å². The number of carbonyl (C=O) groups is 1. The van der Waals surface area contributed by atoms with Gasteiger partial charge in [-0.3, -0.25) is 4.79 Å². The SMILES string of the molecule is COc1cccc(OC)c1C1SCC(=O)N1Cc1ccc2ccn(C)c2c1. The van der Waals surface area contributed by atoms with Crippen molar-refractivity contribution in [1.29, 1.82) is 0 Å². The second kappa shape index (κ2) is 7.19. The molecule has 3 aromatic rings. The standard InChI is InChI=1S/C21H22N2O3S/c1-22-10-9-15-8-7-14(11-16(15)22)12-23-19(24)13-27-21(23)20-17(25-2)5-4-6-18(20)26-3/h4-11,21H,12-13H2,1-3H3. The first kappa shape index (κ1) is 17.8. The van der Waals surface area contributed by atoms with Gasteiger partial charge in [-0.1, -0.05) is 18.2 Å². The van der Waals surface area contributed by atoms with Gasteiger partial charge >= 0.3 is 0 Å². The molecule has 1 fully saturated rings. The van der Waals surface area contributed by atoms with Crippen LogP contribution in [0.25, 0.3) is 10.9 Å². The molecule has 0 spiro atoms. The Hall–Kier alpha value is -2.60. The van der Waals surface area contributed by atoms with Gasteiger partial charge < -0.3 is 18.9 Å². The Morgan fingerprint density at radius 3 is 2.56 bits per heavy atom. The Morgan fingerprint density at radius 1 is 1.11 bits per heavy atom. The van der Waals surface area contributed by atoms with Gasteiger partial charge in [0, 0.05) is 25.3 Å². The molecule has 1 aliphatic rings. The van der Waals surface area contributed by atoms with E-state index in [9.17, 15) is 4.79 Å². The molecule has 1 saturated heterocycles. The number of amides is 1. The van der Waals surface area contributed by atoms with Crippen LogP contribution in [0.4, 0.5) is 0 Å². The fraction of sp³-hybridized carbons (Fsp3) is 0.286. The maximum absolute atomic E-state index is 12.7. The zero-order valence-electron chi connectivity index (χ0n) is 15.6. The summed E-state index contributed by atoms with van der Waals surface area (Å²) in [4.78, 5) is 14.6. The number of fused-ring (bicyclic) bond motifs is 1. The molecule has 1 amide bonds. The van der Waals surface area contributed by atoms with Gasteiger partial charge in [0.05, 0.1) is 25.5 Å². The number of methoxy groups -OCH3 is 2. The monoisotopic (exact) mass is 382 g/mol. The van der Waals surface area contributed by atoms with Crippen LogP contribution in [-0.2, 0) is 18.4 Å². The second-order valence-corrected chi connectivity index (χ2v) is 7.65. The molecule has 1 unspecified atom stereocenters. The van der Waals surface area contributed by atoms with Gasteiger partial charge in [0.2, 0.25) is 5.91 Å². The summed E-state index contributed by atoms with van der Waals surface area (Å²) >= 11 is 1.61. The number of hydrogen-bond donors (Lipinski definition) is 0. The highest BCUT2D eigenvalue weighted by Crippen LogP contribution is 2.47. The van der Waals surface area contributed by atoms with E-state index in [4.69, 9.17) is 9.47 Å². The Balaban J connectivity index is 1.70. The summed E-state index contributed by atoms with van der Waals surface area (Å²) in [6.45, 7) is 0.554. The predicted molar refractivity (Wildman–Crippen MR) is 108 cm³/mol. The number of aryl methyl sites for hydroxylation is 1. The van der Waals surface area contributed by atoms with Crippen molar-refractivity contribution in [2.24, 2.45) is 7.05 Å². The zero-order chi connectivity index (χ0) is 19.0. The van der Waals surface area contributed by atoms with Crippen molar-refractivity contribution in [2.45, 2.75) is 11.9 Å². The normalized spacial score (nSPS) is 16.9. The van der Waals surface area contributed by atoms with Crippen LogP contribution in [0.15, 0.2) is 48.7 Å². The summed E-state index contributed by atoms with van der Waals surface area (Å²) in [5.74, 6) is 2.07. The molecule has 1 atom stereocenters. The van der Waals surface area contributed by atoms with Crippen molar-refractivity contribution in [3.8, 4) is 11.5 Å². The summed E-state index contributed by atoms with van der Waals surface area (Å²) in [5.41, 5.74) is 3.19. The number of ether oxygens (including phenoxy) is 2. The number of carbonyl (C=O) groups excluding carboxylic acids is 1. The van der Waals surface area contributed by atoms with E-state index in [1.165, 1.54) is 10.9 Å². The minimum absolute atomic E-state index is 0.130. The predicted octanol–water partition coefficient (Wildman–Crippen LogP) is 3.97. The van der Waals surface area contributed by atoms with Crippen LogP contribution in [0.5, 0.6) is 11.5 Å². The third-order valence-corrected chi connectivity index (χ3v) is 6.21. The van der Waals surface area contributed by atoms with Crippen molar-refractivity contribution in [1.82, 2.24) is 9.47 Å². The van der Waals surface area contributed by atoms with Crippen LogP contribution in [-0.4, -0.2) is 35.3 Å². The molecule has 0 N–H and O–H groups in total. The Morgan fingerprint density at radius 2 is 1.85 bits per heavy atom. The third kappa shape index (κ3) is 3.14. The van der Waals surface area contributed by atoms with E-state index in [2.05, 4.69) is 28.8 Å². The third-order valence-electron chi connectivity index (χ3n) is 4.99. The van der Waals surface area contributed by atoms with Gasteiger partial charge in [-0.2, -0.15) is 0 Å². The summed E-state index contributed by atoms with van der Waals surface area (Å²) in [6.07, 6.45) is 2.05. The van der Waals surface area contributed by atoms with Crippen LogP contribution >= 0.6 is 11.8 Å². The first-order valence-electron chi connectivity index (χ1n) is 8.78. The molecule has 0 aliphatic carbocycles. The summed E-state index contributed by atoms with van der Waals surface area (Å²) in [7, 11) is 5.33. The topological polar surface area (TPSA) is 43.7 Å². The summed E-state index contributed by atoms with van der Waals surface area (Å²) in [5, 5.41) is 1.07. The maximum Gasteiger partial charge on any atom is 0.234 e. The van der Waals surface area contributed by atoms with Gasteiger partial charge in [0.15, 0.2) is 0 Å². The van der Waals surface area contributed by atoms with Crippen LogP contribution in [0.1, 0.15) is 16.5 Å². The van der Waals surface area contributed by atoms with E-state index >= 15 is 0 Å². The average Bonchev–Trinajstić information content (AvgIpc) is 3.24. The molecule has 140 valence electrons. The quantitative estimate of drug-likeness (QED) is 0.670. The first-order chi connectivity index (χ1) is 13.1. The van der Waals surface area contributed by atoms with Gasteiger partial charge in [-0.25, -0.2) is 0 Å². The molecule has 0 bridgehead atoms. The number of rotatable bonds is 5. The van der Waals surface area contributed by atoms with Crippen molar-refractivity contribution < 1.29 is 14.3 Å². The molecule has 0 saturated carbocycles. The molecular formula is C21H22N2O3S. The first-order valence-corrected chi connectivity index (χ1v) is 9.83. The number of aromatic nitrogens is 1. The molecule has 27 heavy (non-hydrogen) atoms. The number of hydrogen-bond acceptors (Lipinski definition) is 4. The van der Waals surface area contributed by atoms with Gasteiger partial charge in [0.1, 0.15) is 16.9 Å². The highest BCUT2D eigenvalue weighted by Gasteiger charge is 2.36. The van der Waals surface area contributed by atoms with Gasteiger partial charge in [-0.15, -0.1) is 11.8 Å². The lowest BCUT2D eigenvalue weighted by molar-refractivity contribution is -0.128. The number of thioether (sulfide) groups is 1. The average molecular weight is 382 g/mol. The molecule has 1 aliphatic heterocycles. The second-order valence-electron chi connectivity index (χ2n) is 6.58. The van der Waals surface area contributed by atoms with Gasteiger partial charge in [-0.05, 0) is 35.2 Å². The smallest absolute Gasteiger partial charge is 0.234 e. The van der Waals surface area contributed by atoms with E-state index in [1.54, 1.807) is 26.0 Å². The fourth-order valence-corrected chi connectivity index (χ4v) is 4.83. The summed E-state index contributed by atoms with van der Waals surface area (Å²) < 4.78 is 13.2. The largest absolute Gasteiger partial charge is 0.496 e. The van der Waals surface area contributed by atoms with Crippen LogP contribution in [0, 0.1) is 0 Å². The van der Waals surface area contributed by atoms with Crippen molar-refractivity contribution in [2.75, 3.05) is 20.0 Å². The van der Waals surface area contributed by atoms with Crippen molar-refractivity contribution in [3.63, 3.8) is 0 Å². The van der Waals surface area contributed by atoms with E-state index in [-0.39, 0.29) is 11.3 Å². The van der Waals surface area contributed by atoms with Crippen molar-refractivity contribution >= 4 is 28.6 Å². The lowest BCUT2D eigenvalue weighted by Crippen LogP contribution is -2.28. The Bertz CT molecular complexity index is 976. The highest BCUT2D eigenvalue weighted by molar-refractivity contribution is 8.00. The van der Waals surface area contributed by atoms with E-state index in [0.717, 1.165) is 22.6 Å². The lowest BCUT2D eigenvalue weighted by Gasteiger charge is -2.27. The van der Waals surface area contributed by atoms with E-state index in [0.29, 0.717) is 12.3 Å². The summed E-state index contributed by atoms with van der Waals surface area (Å²) in [6, 6.07) is 14.2. The zero-order valence-corrected chi connectivity index (χ0v) is 16.5. The number of nitrogens with zero attached hydrogens (tertiary/aromatic N) is 2. The van der Waals surface area contributed by atoms with Gasteiger partial charge in [0.25, 0.3) is 0 Å². The maximum atomic E-state index is 12.7. The molecule has 0 radical (unpaired) electrons. The fourth-order valence-electron chi connectivity index (χ4n) is 3.59. The molecule has 1 aromatic heterocycles. The lowest BCUT2D eigenvalue weighted by atomic mass is 10.1. The molecule has 6 heteroatoms. The van der Waals surface area contributed by atoms with Crippen LogP contribution < -0.4 is 9.47 Å².